The molecule has 2 N–H and O–H groups in total. The summed E-state index contributed by atoms with van der Waals surface area (Å²) in [6, 6.07) is 10.8. The maximum Gasteiger partial charge on any atom is 0.269 e. The largest absolute Gasteiger partial charge is 0.376 e. The highest BCUT2D eigenvalue weighted by Crippen LogP contribution is 2.18. The van der Waals surface area contributed by atoms with Gasteiger partial charge in [0.2, 0.25) is 0 Å². The molecule has 9 heteroatoms. The zero-order chi connectivity index (χ0) is 19.1. The molecular formula is C19H25IN4O3S. The summed E-state index contributed by atoms with van der Waals surface area (Å²) >= 11 is 1.70. The number of nitro benzene ring substituents is 1. The van der Waals surface area contributed by atoms with Gasteiger partial charge in [0.1, 0.15) is 0 Å². The first kappa shape index (κ1) is 22.6. The molecule has 1 aromatic heterocycles. The van der Waals surface area contributed by atoms with Crippen LogP contribution < -0.4 is 10.6 Å². The van der Waals surface area contributed by atoms with Crippen LogP contribution in [0.1, 0.15) is 36.2 Å². The van der Waals surface area contributed by atoms with Gasteiger partial charge >= 0.3 is 0 Å². The number of non-ortho nitro benzene ring substituents is 1. The molecule has 0 amide bonds. The molecule has 2 atom stereocenters. The molecule has 7 nitrogen and oxygen atoms in total. The third kappa shape index (κ3) is 6.71. The lowest BCUT2D eigenvalue weighted by Crippen LogP contribution is -2.42. The highest BCUT2D eigenvalue weighted by atomic mass is 127. The van der Waals surface area contributed by atoms with Crippen LogP contribution in [0.3, 0.4) is 0 Å². The quantitative estimate of drug-likeness (QED) is 0.189. The molecule has 0 radical (unpaired) electrons. The monoisotopic (exact) mass is 516 g/mol. The molecule has 3 rings (SSSR count). The Labute approximate surface area is 185 Å². The van der Waals surface area contributed by atoms with Crippen molar-refractivity contribution in [1.82, 2.24) is 10.6 Å². The molecule has 1 fully saturated rings. The third-order valence-corrected chi connectivity index (χ3v) is 5.47. The minimum absolute atomic E-state index is 0. The second-order valence-corrected chi connectivity index (χ2v) is 7.47. The SMILES string of the molecule is CC(NC(=NCc1ccc([N+](=O)[O-])cc1)NCC1CCCO1)c1cccs1.I. The Kier molecular flexibility index (Phi) is 9.13. The number of halogens is 1. The van der Waals surface area contributed by atoms with Crippen LogP contribution >= 0.6 is 35.3 Å². The maximum absolute atomic E-state index is 10.8. The van der Waals surface area contributed by atoms with E-state index in [4.69, 9.17) is 4.74 Å². The summed E-state index contributed by atoms with van der Waals surface area (Å²) in [4.78, 5) is 16.3. The van der Waals surface area contributed by atoms with Crippen LogP contribution in [0.2, 0.25) is 0 Å². The fourth-order valence-corrected chi connectivity index (χ4v) is 3.61. The smallest absolute Gasteiger partial charge is 0.269 e. The van der Waals surface area contributed by atoms with Gasteiger partial charge in [0.05, 0.1) is 23.6 Å². The van der Waals surface area contributed by atoms with E-state index in [0.717, 1.165) is 25.0 Å². The second kappa shape index (κ2) is 11.3. The van der Waals surface area contributed by atoms with Gasteiger partial charge in [-0.1, -0.05) is 18.2 Å². The highest BCUT2D eigenvalue weighted by molar-refractivity contribution is 14.0. The Morgan fingerprint density at radius 3 is 2.79 bits per heavy atom. The predicted octanol–water partition coefficient (Wildman–Crippen LogP) is 4.25. The van der Waals surface area contributed by atoms with E-state index in [9.17, 15) is 10.1 Å². The van der Waals surface area contributed by atoms with Crippen molar-refractivity contribution in [3.63, 3.8) is 0 Å². The lowest BCUT2D eigenvalue weighted by Gasteiger charge is -2.19. The summed E-state index contributed by atoms with van der Waals surface area (Å²) in [5.74, 6) is 0.713. The minimum Gasteiger partial charge on any atom is -0.376 e. The van der Waals surface area contributed by atoms with Crippen molar-refractivity contribution in [2.45, 2.75) is 38.5 Å². The Bertz CT molecular complexity index is 762. The second-order valence-electron chi connectivity index (χ2n) is 6.49. The molecule has 2 heterocycles. The van der Waals surface area contributed by atoms with E-state index in [2.05, 4.69) is 34.0 Å². The zero-order valence-corrected chi connectivity index (χ0v) is 18.8. The van der Waals surface area contributed by atoms with Crippen LogP contribution in [0.4, 0.5) is 5.69 Å². The molecule has 1 aliphatic heterocycles. The van der Waals surface area contributed by atoms with Gasteiger partial charge in [-0.05, 0) is 36.8 Å². The minimum atomic E-state index is -0.397. The lowest BCUT2D eigenvalue weighted by atomic mass is 10.2. The van der Waals surface area contributed by atoms with Gasteiger partial charge in [-0.2, -0.15) is 0 Å². The summed E-state index contributed by atoms with van der Waals surface area (Å²) in [6.07, 6.45) is 2.37. The average Bonchev–Trinajstić information content (AvgIpc) is 3.38. The molecule has 1 aliphatic rings. The first-order chi connectivity index (χ1) is 13.1. The molecule has 0 spiro atoms. The van der Waals surface area contributed by atoms with E-state index >= 15 is 0 Å². The fourth-order valence-electron chi connectivity index (χ4n) is 2.88. The fraction of sp³-hybridized carbons (Fsp3) is 0.421. The van der Waals surface area contributed by atoms with Gasteiger partial charge in [-0.3, -0.25) is 10.1 Å². The van der Waals surface area contributed by atoms with Crippen molar-refractivity contribution in [3.05, 3.63) is 62.3 Å². The average molecular weight is 516 g/mol. The van der Waals surface area contributed by atoms with Crippen LogP contribution in [0.25, 0.3) is 0 Å². The molecule has 152 valence electrons. The topological polar surface area (TPSA) is 88.8 Å². The number of thiophene rings is 1. The van der Waals surface area contributed by atoms with E-state index < -0.39 is 4.92 Å². The number of hydrogen-bond donors (Lipinski definition) is 2. The number of ether oxygens (including phenoxy) is 1. The van der Waals surface area contributed by atoms with Crippen molar-refractivity contribution >= 4 is 47.0 Å². The summed E-state index contributed by atoms with van der Waals surface area (Å²) in [5.41, 5.74) is 1.01. The number of nitrogens with zero attached hydrogens (tertiary/aromatic N) is 2. The molecule has 0 bridgehead atoms. The molecule has 1 saturated heterocycles. The lowest BCUT2D eigenvalue weighted by molar-refractivity contribution is -0.384. The Morgan fingerprint density at radius 1 is 1.39 bits per heavy atom. The summed E-state index contributed by atoms with van der Waals surface area (Å²) in [7, 11) is 0. The number of nitrogens with one attached hydrogen (secondary N) is 2. The number of aliphatic imine (C=N–C) groups is 1. The van der Waals surface area contributed by atoms with Gasteiger partial charge < -0.3 is 15.4 Å². The first-order valence-electron chi connectivity index (χ1n) is 9.05. The van der Waals surface area contributed by atoms with Crippen LogP contribution in [0.5, 0.6) is 0 Å². The Morgan fingerprint density at radius 2 is 2.18 bits per heavy atom. The van der Waals surface area contributed by atoms with Gasteiger partial charge in [0.15, 0.2) is 5.96 Å². The van der Waals surface area contributed by atoms with Gasteiger partial charge in [-0.25, -0.2) is 4.99 Å². The van der Waals surface area contributed by atoms with E-state index in [1.54, 1.807) is 23.5 Å². The van der Waals surface area contributed by atoms with Crippen LogP contribution in [0.15, 0.2) is 46.8 Å². The summed E-state index contributed by atoms with van der Waals surface area (Å²) < 4.78 is 5.67. The normalized spacial score (nSPS) is 17.6. The van der Waals surface area contributed by atoms with E-state index in [1.165, 1.54) is 17.0 Å². The number of guanidine groups is 1. The highest BCUT2D eigenvalue weighted by Gasteiger charge is 2.16. The molecule has 28 heavy (non-hydrogen) atoms. The van der Waals surface area contributed by atoms with Crippen LogP contribution in [0, 0.1) is 10.1 Å². The Hall–Kier alpha value is -1.72. The summed E-state index contributed by atoms with van der Waals surface area (Å²) in [6.45, 7) is 4.07. The molecule has 2 unspecified atom stereocenters. The van der Waals surface area contributed by atoms with Gasteiger partial charge in [0.25, 0.3) is 5.69 Å². The summed E-state index contributed by atoms with van der Waals surface area (Å²) in [5, 5.41) is 19.6. The molecule has 0 aliphatic carbocycles. The van der Waals surface area contributed by atoms with Gasteiger partial charge in [-0.15, -0.1) is 35.3 Å². The maximum atomic E-state index is 10.8. The van der Waals surface area contributed by atoms with Crippen molar-refractivity contribution in [3.8, 4) is 0 Å². The van der Waals surface area contributed by atoms with Crippen LogP contribution in [-0.4, -0.2) is 30.1 Å². The number of rotatable bonds is 7. The number of hydrogen-bond acceptors (Lipinski definition) is 5. The molecule has 1 aromatic carbocycles. The predicted molar refractivity (Wildman–Crippen MR) is 122 cm³/mol. The third-order valence-electron chi connectivity index (χ3n) is 4.41. The molecular weight excluding hydrogens is 491 g/mol. The van der Waals surface area contributed by atoms with E-state index in [-0.39, 0.29) is 41.8 Å². The van der Waals surface area contributed by atoms with Crippen molar-refractivity contribution in [2.24, 2.45) is 4.99 Å². The van der Waals surface area contributed by atoms with Gasteiger partial charge in [0, 0.05) is 30.2 Å². The van der Waals surface area contributed by atoms with Crippen molar-refractivity contribution in [1.29, 1.82) is 0 Å². The standard InChI is InChI=1S/C19H24N4O3S.HI/c1-14(18-5-3-11-27-18)22-19(21-13-17-4-2-10-26-17)20-12-15-6-8-16(9-7-15)23(24)25;/h3,5-9,11,14,17H,2,4,10,12-13H2,1H3,(H2,20,21,22);1H. The molecule has 0 saturated carbocycles. The number of benzene rings is 1. The van der Waals surface area contributed by atoms with Crippen molar-refractivity contribution in [2.75, 3.05) is 13.2 Å². The Balaban J connectivity index is 0.00000280. The van der Waals surface area contributed by atoms with Crippen molar-refractivity contribution < 1.29 is 9.66 Å². The number of nitro groups is 1. The zero-order valence-electron chi connectivity index (χ0n) is 15.7. The first-order valence-corrected chi connectivity index (χ1v) is 9.93. The van der Waals surface area contributed by atoms with E-state index in [0.29, 0.717) is 19.0 Å². The molecule has 2 aromatic rings. The van der Waals surface area contributed by atoms with Crippen LogP contribution in [-0.2, 0) is 11.3 Å². The van der Waals surface area contributed by atoms with E-state index in [1.807, 2.05) is 6.07 Å².